The van der Waals surface area contributed by atoms with E-state index in [0.717, 1.165) is 18.9 Å². The molecule has 5 nitrogen and oxygen atoms in total. The van der Waals surface area contributed by atoms with E-state index in [0.29, 0.717) is 23.5 Å². The van der Waals surface area contributed by atoms with Crippen LogP contribution in [0.25, 0.3) is 11.6 Å². The Morgan fingerprint density at radius 1 is 1.40 bits per heavy atom. The second-order valence-electron chi connectivity index (χ2n) is 5.40. The van der Waals surface area contributed by atoms with Gasteiger partial charge in [0.1, 0.15) is 0 Å². The standard InChI is InChI=1S/C15H21N3O2/c1-2-16-12(11-6-3-4-7-11)10-14-17-15(18-20-14)13-8-5-9-19-13/h5,8-9,11-12,16H,2-4,6-7,10H2,1H3. The number of hydrogen-bond acceptors (Lipinski definition) is 5. The van der Waals surface area contributed by atoms with Crippen molar-refractivity contribution < 1.29 is 8.94 Å². The van der Waals surface area contributed by atoms with Gasteiger partial charge < -0.3 is 14.3 Å². The quantitative estimate of drug-likeness (QED) is 0.877. The molecule has 0 radical (unpaired) electrons. The molecular weight excluding hydrogens is 254 g/mol. The minimum Gasteiger partial charge on any atom is -0.461 e. The molecule has 20 heavy (non-hydrogen) atoms. The zero-order valence-electron chi connectivity index (χ0n) is 11.8. The number of likely N-dealkylation sites (N-methyl/N-ethyl adjacent to an activating group) is 1. The van der Waals surface area contributed by atoms with Crippen LogP contribution in [0.2, 0.25) is 0 Å². The van der Waals surface area contributed by atoms with Crippen molar-refractivity contribution in [2.45, 2.75) is 45.1 Å². The zero-order chi connectivity index (χ0) is 13.8. The summed E-state index contributed by atoms with van der Waals surface area (Å²) in [5, 5.41) is 7.56. The predicted octanol–water partition coefficient (Wildman–Crippen LogP) is 3.04. The number of aromatic nitrogens is 2. The monoisotopic (exact) mass is 275 g/mol. The van der Waals surface area contributed by atoms with Gasteiger partial charge in [0, 0.05) is 12.5 Å². The van der Waals surface area contributed by atoms with Crippen molar-refractivity contribution in [2.24, 2.45) is 5.92 Å². The summed E-state index contributed by atoms with van der Waals surface area (Å²) in [7, 11) is 0. The Hall–Kier alpha value is -1.62. The molecule has 0 amide bonds. The molecular formula is C15H21N3O2. The SMILES string of the molecule is CCNC(Cc1nc(-c2ccco2)no1)C1CCCC1. The molecule has 0 spiro atoms. The van der Waals surface area contributed by atoms with Gasteiger partial charge in [-0.1, -0.05) is 24.9 Å². The average Bonchev–Trinajstić information content (AvgIpc) is 3.20. The van der Waals surface area contributed by atoms with Crippen LogP contribution in [0.4, 0.5) is 0 Å². The Bertz CT molecular complexity index is 515. The van der Waals surface area contributed by atoms with E-state index in [1.54, 1.807) is 6.26 Å². The number of furan rings is 1. The fourth-order valence-electron chi connectivity index (χ4n) is 3.06. The van der Waals surface area contributed by atoms with E-state index < -0.39 is 0 Å². The minimum atomic E-state index is 0.437. The molecule has 5 heteroatoms. The molecule has 0 saturated heterocycles. The molecule has 1 aliphatic carbocycles. The van der Waals surface area contributed by atoms with Gasteiger partial charge in [-0.25, -0.2) is 0 Å². The maximum absolute atomic E-state index is 5.36. The largest absolute Gasteiger partial charge is 0.461 e. The van der Waals surface area contributed by atoms with Gasteiger partial charge in [-0.15, -0.1) is 0 Å². The van der Waals surface area contributed by atoms with Crippen molar-refractivity contribution in [1.29, 1.82) is 0 Å². The molecule has 108 valence electrons. The van der Waals surface area contributed by atoms with Gasteiger partial charge in [-0.2, -0.15) is 4.98 Å². The van der Waals surface area contributed by atoms with Crippen molar-refractivity contribution in [2.75, 3.05) is 6.54 Å². The Morgan fingerprint density at radius 3 is 2.95 bits per heavy atom. The van der Waals surface area contributed by atoms with Crippen LogP contribution in [-0.4, -0.2) is 22.7 Å². The average molecular weight is 275 g/mol. The normalized spacial score (nSPS) is 17.6. The Labute approximate surface area is 118 Å². The van der Waals surface area contributed by atoms with Crippen LogP contribution >= 0.6 is 0 Å². The maximum atomic E-state index is 5.36. The summed E-state index contributed by atoms with van der Waals surface area (Å²) in [4.78, 5) is 4.43. The molecule has 2 aromatic rings. The lowest BCUT2D eigenvalue weighted by Gasteiger charge is -2.22. The Kier molecular flexibility index (Phi) is 4.16. The smallest absolute Gasteiger partial charge is 0.238 e. The molecule has 1 aliphatic rings. The summed E-state index contributed by atoms with van der Waals surface area (Å²) in [5.41, 5.74) is 0. The van der Waals surface area contributed by atoms with Gasteiger partial charge in [-0.3, -0.25) is 0 Å². The molecule has 1 atom stereocenters. The van der Waals surface area contributed by atoms with Gasteiger partial charge >= 0.3 is 0 Å². The molecule has 1 saturated carbocycles. The third kappa shape index (κ3) is 2.93. The topological polar surface area (TPSA) is 64.1 Å². The van der Waals surface area contributed by atoms with E-state index >= 15 is 0 Å². The second-order valence-corrected chi connectivity index (χ2v) is 5.40. The number of nitrogens with one attached hydrogen (secondary N) is 1. The lowest BCUT2D eigenvalue weighted by molar-refractivity contribution is 0.311. The highest BCUT2D eigenvalue weighted by molar-refractivity contribution is 5.44. The van der Waals surface area contributed by atoms with E-state index in [-0.39, 0.29) is 0 Å². The molecule has 1 unspecified atom stereocenters. The fraction of sp³-hybridized carbons (Fsp3) is 0.600. The van der Waals surface area contributed by atoms with Crippen molar-refractivity contribution in [3.8, 4) is 11.6 Å². The lowest BCUT2D eigenvalue weighted by Crippen LogP contribution is -2.37. The molecule has 2 aromatic heterocycles. The van der Waals surface area contributed by atoms with E-state index in [1.807, 2.05) is 12.1 Å². The van der Waals surface area contributed by atoms with E-state index in [2.05, 4.69) is 22.4 Å². The lowest BCUT2D eigenvalue weighted by atomic mass is 9.95. The number of nitrogens with zero attached hydrogens (tertiary/aromatic N) is 2. The van der Waals surface area contributed by atoms with Crippen LogP contribution in [0.1, 0.15) is 38.5 Å². The summed E-state index contributed by atoms with van der Waals surface area (Å²) >= 11 is 0. The Balaban J connectivity index is 1.68. The van der Waals surface area contributed by atoms with E-state index in [1.165, 1.54) is 25.7 Å². The first-order chi connectivity index (χ1) is 9.86. The highest BCUT2D eigenvalue weighted by Crippen LogP contribution is 2.29. The van der Waals surface area contributed by atoms with Crippen molar-refractivity contribution in [1.82, 2.24) is 15.5 Å². The first-order valence-corrected chi connectivity index (χ1v) is 7.46. The minimum absolute atomic E-state index is 0.437. The zero-order valence-corrected chi connectivity index (χ0v) is 11.8. The maximum Gasteiger partial charge on any atom is 0.238 e. The second kappa shape index (κ2) is 6.22. The van der Waals surface area contributed by atoms with Crippen molar-refractivity contribution >= 4 is 0 Å². The van der Waals surface area contributed by atoms with Crippen LogP contribution in [0.5, 0.6) is 0 Å². The summed E-state index contributed by atoms with van der Waals surface area (Å²) in [6.45, 7) is 3.12. The summed E-state index contributed by atoms with van der Waals surface area (Å²) < 4.78 is 10.6. The van der Waals surface area contributed by atoms with Gasteiger partial charge in [0.05, 0.1) is 6.26 Å². The first kappa shape index (κ1) is 13.4. The van der Waals surface area contributed by atoms with Crippen LogP contribution in [-0.2, 0) is 6.42 Å². The molecule has 0 aliphatic heterocycles. The van der Waals surface area contributed by atoms with Crippen molar-refractivity contribution in [3.63, 3.8) is 0 Å². The summed E-state index contributed by atoms with van der Waals surface area (Å²) in [6, 6.07) is 4.10. The van der Waals surface area contributed by atoms with Crippen LogP contribution in [0, 0.1) is 5.92 Å². The predicted molar refractivity (Wildman–Crippen MR) is 75.1 cm³/mol. The molecule has 0 aromatic carbocycles. The van der Waals surface area contributed by atoms with Gasteiger partial charge in [0.15, 0.2) is 5.76 Å². The summed E-state index contributed by atoms with van der Waals surface area (Å²) in [6.07, 6.45) is 7.70. The van der Waals surface area contributed by atoms with Crippen LogP contribution in [0.3, 0.4) is 0 Å². The van der Waals surface area contributed by atoms with Crippen LogP contribution in [0.15, 0.2) is 27.3 Å². The molecule has 1 fully saturated rings. The molecule has 0 bridgehead atoms. The van der Waals surface area contributed by atoms with Crippen molar-refractivity contribution in [3.05, 3.63) is 24.3 Å². The fourth-order valence-corrected chi connectivity index (χ4v) is 3.06. The number of hydrogen-bond donors (Lipinski definition) is 1. The first-order valence-electron chi connectivity index (χ1n) is 7.46. The highest BCUT2D eigenvalue weighted by Gasteiger charge is 2.26. The van der Waals surface area contributed by atoms with E-state index in [9.17, 15) is 0 Å². The van der Waals surface area contributed by atoms with Gasteiger partial charge in [-0.05, 0) is 37.4 Å². The highest BCUT2D eigenvalue weighted by atomic mass is 16.5. The van der Waals surface area contributed by atoms with Gasteiger partial charge in [0.2, 0.25) is 11.7 Å². The molecule has 3 rings (SSSR count). The Morgan fingerprint density at radius 2 is 2.25 bits per heavy atom. The third-order valence-electron chi connectivity index (χ3n) is 4.04. The van der Waals surface area contributed by atoms with Crippen LogP contribution < -0.4 is 5.32 Å². The third-order valence-corrected chi connectivity index (χ3v) is 4.04. The molecule has 2 heterocycles. The van der Waals surface area contributed by atoms with E-state index in [4.69, 9.17) is 8.94 Å². The van der Waals surface area contributed by atoms with Gasteiger partial charge in [0.25, 0.3) is 0 Å². The molecule has 1 N–H and O–H groups in total. The summed E-state index contributed by atoms with van der Waals surface area (Å²) in [5.74, 6) is 2.61. The number of rotatable bonds is 6.